The van der Waals surface area contributed by atoms with Gasteiger partial charge in [-0.2, -0.15) is 13.2 Å². The summed E-state index contributed by atoms with van der Waals surface area (Å²) in [5, 5.41) is 3.47. The lowest BCUT2D eigenvalue weighted by Crippen LogP contribution is -2.47. The number of nitrogens with one attached hydrogen (secondary N) is 1. The summed E-state index contributed by atoms with van der Waals surface area (Å²) in [6.07, 6.45) is -1.44. The van der Waals surface area contributed by atoms with Crippen LogP contribution in [-0.4, -0.2) is 33.6 Å². The summed E-state index contributed by atoms with van der Waals surface area (Å²) in [5.41, 5.74) is -1.71. The molecule has 3 aromatic rings. The standard InChI is InChI=1S/C21H19BrF3N3O3/c1-20(2,11-31-19(30)13-6-4-5-7-15(13)21(23,24)25)27-18(29)12-8-14-16(22)10-28(3)17(14)26-9-12/h4-10H,11H2,1-3H3,(H,27,29). The van der Waals surface area contributed by atoms with Crippen molar-refractivity contribution in [3.8, 4) is 0 Å². The SMILES string of the molecule is Cn1cc(Br)c2cc(C(=O)NC(C)(C)COC(=O)c3ccccc3C(F)(F)F)cnc21. The van der Waals surface area contributed by atoms with E-state index in [1.807, 2.05) is 17.8 Å². The van der Waals surface area contributed by atoms with Crippen LogP contribution in [0, 0.1) is 0 Å². The van der Waals surface area contributed by atoms with Gasteiger partial charge < -0.3 is 14.6 Å². The van der Waals surface area contributed by atoms with Crippen molar-refractivity contribution in [3.05, 3.63) is 63.9 Å². The van der Waals surface area contributed by atoms with Crippen LogP contribution in [0.15, 0.2) is 47.2 Å². The third-order valence-electron chi connectivity index (χ3n) is 4.50. The lowest BCUT2D eigenvalue weighted by Gasteiger charge is -2.26. The Balaban J connectivity index is 1.70. The minimum Gasteiger partial charge on any atom is -0.460 e. The number of esters is 1. The van der Waals surface area contributed by atoms with Crippen LogP contribution in [0.4, 0.5) is 13.2 Å². The number of amides is 1. The number of alkyl halides is 3. The smallest absolute Gasteiger partial charge is 0.417 e. The summed E-state index contributed by atoms with van der Waals surface area (Å²) in [7, 11) is 1.83. The highest BCUT2D eigenvalue weighted by Crippen LogP contribution is 2.32. The molecule has 0 aliphatic carbocycles. The van der Waals surface area contributed by atoms with Crippen LogP contribution in [0.5, 0.6) is 0 Å². The van der Waals surface area contributed by atoms with Crippen LogP contribution >= 0.6 is 15.9 Å². The Morgan fingerprint density at radius 1 is 1.23 bits per heavy atom. The maximum atomic E-state index is 13.1. The molecule has 0 spiro atoms. The minimum absolute atomic E-state index is 0.293. The average Bonchev–Trinajstić information content (AvgIpc) is 2.98. The van der Waals surface area contributed by atoms with E-state index in [1.54, 1.807) is 19.9 Å². The fourth-order valence-corrected chi connectivity index (χ4v) is 3.59. The second-order valence-electron chi connectivity index (χ2n) is 7.64. The van der Waals surface area contributed by atoms with Crippen LogP contribution in [0.1, 0.15) is 40.1 Å². The summed E-state index contributed by atoms with van der Waals surface area (Å²) in [6, 6.07) is 6.05. The number of aryl methyl sites for hydroxylation is 1. The molecule has 2 heterocycles. The molecule has 0 aliphatic heterocycles. The summed E-state index contributed by atoms with van der Waals surface area (Å²) in [4.78, 5) is 29.2. The van der Waals surface area contributed by atoms with Gasteiger partial charge >= 0.3 is 12.1 Å². The molecule has 1 aromatic carbocycles. The molecular formula is C21H19BrF3N3O3. The number of ether oxygens (including phenoxy) is 1. The molecule has 0 aliphatic rings. The third-order valence-corrected chi connectivity index (χ3v) is 5.13. The molecule has 1 N–H and O–H groups in total. The first-order valence-electron chi connectivity index (χ1n) is 9.15. The maximum absolute atomic E-state index is 13.1. The van der Waals surface area contributed by atoms with Gasteiger partial charge in [0.15, 0.2) is 0 Å². The number of hydrogen-bond acceptors (Lipinski definition) is 4. The Kier molecular flexibility index (Phi) is 6.13. The number of halogens is 4. The zero-order chi connectivity index (χ0) is 23.0. The molecule has 0 unspecified atom stereocenters. The van der Waals surface area contributed by atoms with Gasteiger partial charge in [0.2, 0.25) is 0 Å². The first-order chi connectivity index (χ1) is 14.4. The summed E-state index contributed by atoms with van der Waals surface area (Å²) in [5.74, 6) is -1.58. The van der Waals surface area contributed by atoms with Gasteiger partial charge in [-0.25, -0.2) is 9.78 Å². The highest BCUT2D eigenvalue weighted by atomic mass is 79.9. The molecule has 0 atom stereocenters. The van der Waals surface area contributed by atoms with Crippen LogP contribution in [0.3, 0.4) is 0 Å². The van der Waals surface area contributed by atoms with Crippen LogP contribution in [-0.2, 0) is 18.0 Å². The molecule has 164 valence electrons. The monoisotopic (exact) mass is 497 g/mol. The van der Waals surface area contributed by atoms with E-state index in [9.17, 15) is 22.8 Å². The number of hydrogen-bond donors (Lipinski definition) is 1. The number of carbonyl (C=O) groups is 2. The summed E-state index contributed by atoms with van der Waals surface area (Å²) >= 11 is 3.41. The first kappa shape index (κ1) is 22.8. The molecule has 1 amide bonds. The van der Waals surface area contributed by atoms with Gasteiger partial charge in [0.1, 0.15) is 12.3 Å². The van der Waals surface area contributed by atoms with Crippen molar-refractivity contribution >= 4 is 38.8 Å². The molecule has 0 saturated heterocycles. The van der Waals surface area contributed by atoms with Crippen molar-refractivity contribution in [2.24, 2.45) is 7.05 Å². The molecule has 2 aromatic heterocycles. The zero-order valence-electron chi connectivity index (χ0n) is 16.9. The van der Waals surface area contributed by atoms with E-state index in [4.69, 9.17) is 4.74 Å². The predicted molar refractivity (Wildman–Crippen MR) is 112 cm³/mol. The van der Waals surface area contributed by atoms with Crippen molar-refractivity contribution in [1.29, 1.82) is 0 Å². The van der Waals surface area contributed by atoms with E-state index in [0.717, 1.165) is 22.0 Å². The van der Waals surface area contributed by atoms with Crippen LogP contribution in [0.2, 0.25) is 0 Å². The lowest BCUT2D eigenvalue weighted by molar-refractivity contribution is -0.138. The van der Waals surface area contributed by atoms with E-state index in [-0.39, 0.29) is 6.61 Å². The Morgan fingerprint density at radius 3 is 2.58 bits per heavy atom. The van der Waals surface area contributed by atoms with Crippen molar-refractivity contribution in [2.45, 2.75) is 25.6 Å². The van der Waals surface area contributed by atoms with E-state index in [2.05, 4.69) is 26.2 Å². The molecule has 0 bridgehead atoms. The largest absolute Gasteiger partial charge is 0.460 e. The molecular weight excluding hydrogens is 479 g/mol. The second kappa shape index (κ2) is 8.33. The summed E-state index contributed by atoms with van der Waals surface area (Å²) in [6.45, 7) is 2.87. The number of fused-ring (bicyclic) bond motifs is 1. The fourth-order valence-electron chi connectivity index (χ4n) is 2.99. The lowest BCUT2D eigenvalue weighted by atomic mass is 10.1. The molecule has 3 rings (SSSR count). The van der Waals surface area contributed by atoms with Gasteiger partial charge in [0.25, 0.3) is 5.91 Å². The highest BCUT2D eigenvalue weighted by Gasteiger charge is 2.35. The average molecular weight is 498 g/mol. The van der Waals surface area contributed by atoms with Crippen LogP contribution < -0.4 is 5.32 Å². The molecule has 31 heavy (non-hydrogen) atoms. The van der Waals surface area contributed by atoms with Crippen molar-refractivity contribution in [1.82, 2.24) is 14.9 Å². The zero-order valence-corrected chi connectivity index (χ0v) is 18.5. The highest BCUT2D eigenvalue weighted by molar-refractivity contribution is 9.10. The molecule has 0 radical (unpaired) electrons. The fraction of sp³-hybridized carbons (Fsp3) is 0.286. The number of nitrogens with zero attached hydrogens (tertiary/aromatic N) is 2. The first-order valence-corrected chi connectivity index (χ1v) is 9.95. The second-order valence-corrected chi connectivity index (χ2v) is 8.49. The van der Waals surface area contributed by atoms with E-state index in [1.165, 1.54) is 18.3 Å². The van der Waals surface area contributed by atoms with E-state index >= 15 is 0 Å². The van der Waals surface area contributed by atoms with E-state index in [0.29, 0.717) is 11.2 Å². The molecule has 0 saturated carbocycles. The molecule has 0 fully saturated rings. The van der Waals surface area contributed by atoms with Gasteiger partial charge in [0, 0.05) is 29.3 Å². The minimum atomic E-state index is -4.68. The Hall–Kier alpha value is -2.88. The Morgan fingerprint density at radius 2 is 1.90 bits per heavy atom. The number of aromatic nitrogens is 2. The maximum Gasteiger partial charge on any atom is 0.417 e. The molecule has 10 heteroatoms. The Labute approximate surface area is 184 Å². The summed E-state index contributed by atoms with van der Waals surface area (Å²) < 4.78 is 47.0. The number of rotatable bonds is 5. The van der Waals surface area contributed by atoms with E-state index < -0.39 is 34.7 Å². The Bertz CT molecular complexity index is 1160. The van der Waals surface area contributed by atoms with Gasteiger partial charge in [-0.05, 0) is 48.0 Å². The quantitative estimate of drug-likeness (QED) is 0.517. The number of carbonyl (C=O) groups excluding carboxylic acids is 2. The van der Waals surface area contributed by atoms with Crippen LogP contribution in [0.25, 0.3) is 11.0 Å². The van der Waals surface area contributed by atoms with Gasteiger partial charge in [-0.3, -0.25) is 4.79 Å². The topological polar surface area (TPSA) is 73.2 Å². The van der Waals surface area contributed by atoms with Gasteiger partial charge in [-0.1, -0.05) is 12.1 Å². The number of benzene rings is 1. The van der Waals surface area contributed by atoms with Crippen molar-refractivity contribution < 1.29 is 27.5 Å². The van der Waals surface area contributed by atoms with Crippen molar-refractivity contribution in [2.75, 3.05) is 6.61 Å². The number of pyridine rings is 1. The predicted octanol–water partition coefficient (Wildman–Crippen LogP) is 4.72. The van der Waals surface area contributed by atoms with Gasteiger partial charge in [0.05, 0.1) is 22.2 Å². The normalized spacial score (nSPS) is 12.1. The van der Waals surface area contributed by atoms with Gasteiger partial charge in [-0.15, -0.1) is 0 Å². The molecule has 6 nitrogen and oxygen atoms in total. The van der Waals surface area contributed by atoms with Crippen molar-refractivity contribution in [3.63, 3.8) is 0 Å². The third kappa shape index (κ3) is 5.07.